The maximum atomic E-state index is 12.6. The highest BCUT2D eigenvalue weighted by molar-refractivity contribution is 7.91. The smallest absolute Gasteiger partial charge is 0.250 e. The second kappa shape index (κ2) is 8.39. The second-order valence-corrected chi connectivity index (χ2v) is 9.98. The molecule has 0 bridgehead atoms. The van der Waals surface area contributed by atoms with Crippen LogP contribution in [0.3, 0.4) is 0 Å². The van der Waals surface area contributed by atoms with Crippen molar-refractivity contribution in [3.63, 3.8) is 0 Å². The zero-order valence-electron chi connectivity index (χ0n) is 16.5. The van der Waals surface area contributed by atoms with Gasteiger partial charge in [-0.3, -0.25) is 0 Å². The number of ether oxygens (including phenoxy) is 1. The van der Waals surface area contributed by atoms with Crippen LogP contribution in [0.15, 0.2) is 27.9 Å². The van der Waals surface area contributed by atoms with Gasteiger partial charge in [-0.2, -0.15) is 5.10 Å². The predicted molar refractivity (Wildman–Crippen MR) is 114 cm³/mol. The number of anilines is 1. The average Bonchev–Trinajstić information content (AvgIpc) is 3.38. The molecule has 156 valence electrons. The molecule has 4 rings (SSSR count). The molecule has 10 heteroatoms. The van der Waals surface area contributed by atoms with Gasteiger partial charge >= 0.3 is 0 Å². The van der Waals surface area contributed by atoms with Crippen LogP contribution in [0.4, 0.5) is 5.69 Å². The van der Waals surface area contributed by atoms with Crippen LogP contribution in [0.2, 0.25) is 0 Å². The van der Waals surface area contributed by atoms with Gasteiger partial charge in [0.2, 0.25) is 10.0 Å². The number of pyridine rings is 1. The summed E-state index contributed by atoms with van der Waals surface area (Å²) in [5, 5.41) is 10.8. The minimum absolute atomic E-state index is 0.165. The molecule has 2 N–H and O–H groups in total. The maximum Gasteiger partial charge on any atom is 0.250 e. The molecule has 0 radical (unpaired) electrons. The summed E-state index contributed by atoms with van der Waals surface area (Å²) in [6.07, 6.45) is 3.63. The van der Waals surface area contributed by atoms with Gasteiger partial charge in [-0.15, -0.1) is 11.3 Å². The molecule has 0 amide bonds. The van der Waals surface area contributed by atoms with Crippen molar-refractivity contribution >= 4 is 38.1 Å². The average molecular weight is 436 g/mol. The van der Waals surface area contributed by atoms with Crippen LogP contribution >= 0.6 is 11.3 Å². The fraction of sp³-hybridized carbons (Fsp3) is 0.474. The van der Waals surface area contributed by atoms with Crippen molar-refractivity contribution in [2.45, 2.75) is 50.0 Å². The van der Waals surface area contributed by atoms with Crippen LogP contribution in [0.25, 0.3) is 11.0 Å². The summed E-state index contributed by atoms with van der Waals surface area (Å²) in [5.41, 5.74) is 3.35. The number of aryl methyl sites for hydroxylation is 2. The summed E-state index contributed by atoms with van der Waals surface area (Å²) >= 11 is 1.20. The van der Waals surface area contributed by atoms with E-state index in [4.69, 9.17) is 9.72 Å². The van der Waals surface area contributed by atoms with Gasteiger partial charge in [-0.05, 0) is 38.1 Å². The van der Waals surface area contributed by atoms with Gasteiger partial charge < -0.3 is 10.1 Å². The van der Waals surface area contributed by atoms with Crippen molar-refractivity contribution in [1.82, 2.24) is 19.5 Å². The van der Waals surface area contributed by atoms with E-state index >= 15 is 0 Å². The molecule has 3 aromatic rings. The Labute approximate surface area is 174 Å². The van der Waals surface area contributed by atoms with Gasteiger partial charge in [0.25, 0.3) is 0 Å². The molecule has 4 heterocycles. The summed E-state index contributed by atoms with van der Waals surface area (Å²) in [6, 6.07) is 3.61. The number of rotatable bonds is 7. The number of nitrogens with zero attached hydrogens (tertiary/aromatic N) is 3. The first-order valence-electron chi connectivity index (χ1n) is 9.72. The van der Waals surface area contributed by atoms with E-state index in [1.807, 2.05) is 24.7 Å². The molecule has 3 aromatic heterocycles. The predicted octanol–water partition coefficient (Wildman–Crippen LogP) is 2.89. The second-order valence-electron chi connectivity index (χ2n) is 7.04. The van der Waals surface area contributed by atoms with Crippen molar-refractivity contribution in [2.24, 2.45) is 0 Å². The minimum atomic E-state index is -3.56. The number of hydrogen-bond acceptors (Lipinski definition) is 7. The van der Waals surface area contributed by atoms with Crippen LogP contribution in [0.5, 0.6) is 0 Å². The summed E-state index contributed by atoms with van der Waals surface area (Å²) in [7, 11) is -3.56. The van der Waals surface area contributed by atoms with Gasteiger partial charge in [0.15, 0.2) is 5.65 Å². The summed E-state index contributed by atoms with van der Waals surface area (Å²) in [4.78, 5) is 4.73. The first kappa shape index (κ1) is 20.3. The van der Waals surface area contributed by atoms with Crippen LogP contribution in [-0.4, -0.2) is 42.4 Å². The lowest BCUT2D eigenvalue weighted by Gasteiger charge is -2.26. The highest BCUT2D eigenvalue weighted by Crippen LogP contribution is 2.31. The number of aromatic nitrogens is 3. The fourth-order valence-electron chi connectivity index (χ4n) is 3.56. The zero-order valence-corrected chi connectivity index (χ0v) is 18.1. The van der Waals surface area contributed by atoms with Crippen molar-refractivity contribution < 1.29 is 13.2 Å². The third-order valence-corrected chi connectivity index (χ3v) is 7.96. The Morgan fingerprint density at radius 1 is 1.34 bits per heavy atom. The lowest BCUT2D eigenvalue weighted by Crippen LogP contribution is -2.29. The van der Waals surface area contributed by atoms with Crippen LogP contribution in [0, 0.1) is 6.92 Å². The van der Waals surface area contributed by atoms with E-state index < -0.39 is 10.0 Å². The molecular weight excluding hydrogens is 410 g/mol. The normalized spacial score (nSPS) is 15.8. The number of sulfonamides is 1. The third kappa shape index (κ3) is 4.16. The van der Waals surface area contributed by atoms with Gasteiger partial charge in [0.05, 0.1) is 17.3 Å². The summed E-state index contributed by atoms with van der Waals surface area (Å²) in [5.74, 6) is 0. The highest BCUT2D eigenvalue weighted by atomic mass is 32.2. The first-order chi connectivity index (χ1) is 14.0. The molecular formula is C19H25N5O3S2. The molecule has 0 atom stereocenters. The lowest BCUT2D eigenvalue weighted by atomic mass is 10.1. The number of nitrogens with one attached hydrogen (secondary N) is 2. The summed E-state index contributed by atoms with van der Waals surface area (Å²) < 4.78 is 35.6. The van der Waals surface area contributed by atoms with Gasteiger partial charge in [0, 0.05) is 43.6 Å². The van der Waals surface area contributed by atoms with Crippen LogP contribution in [0.1, 0.15) is 31.0 Å². The Kier molecular flexibility index (Phi) is 5.86. The maximum absolute atomic E-state index is 12.6. The third-order valence-electron chi connectivity index (χ3n) is 5.16. The molecule has 29 heavy (non-hydrogen) atoms. The van der Waals surface area contributed by atoms with E-state index in [-0.39, 0.29) is 12.6 Å². The first-order valence-corrected chi connectivity index (χ1v) is 12.1. The minimum Gasteiger partial charge on any atom is -0.381 e. The molecule has 0 aliphatic carbocycles. The number of hydrogen-bond donors (Lipinski definition) is 2. The van der Waals surface area contributed by atoms with Gasteiger partial charge in [0.1, 0.15) is 4.21 Å². The Hall–Kier alpha value is -2.01. The Morgan fingerprint density at radius 3 is 2.83 bits per heavy atom. The molecule has 8 nitrogen and oxygen atoms in total. The van der Waals surface area contributed by atoms with Crippen LogP contribution in [-0.2, 0) is 27.8 Å². The van der Waals surface area contributed by atoms with Crippen molar-refractivity contribution in [2.75, 3.05) is 18.5 Å². The molecule has 1 aliphatic rings. The van der Waals surface area contributed by atoms with Gasteiger partial charge in [-0.25, -0.2) is 22.8 Å². The molecule has 0 aromatic carbocycles. The van der Waals surface area contributed by atoms with E-state index in [0.29, 0.717) is 4.21 Å². The lowest BCUT2D eigenvalue weighted by molar-refractivity contribution is 0.0904. The molecule has 0 unspecified atom stereocenters. The van der Waals surface area contributed by atoms with E-state index in [1.165, 1.54) is 11.3 Å². The highest BCUT2D eigenvalue weighted by Gasteiger charge is 2.22. The Morgan fingerprint density at radius 2 is 2.14 bits per heavy atom. The molecule has 1 aliphatic heterocycles. The Balaban J connectivity index is 1.71. The monoisotopic (exact) mass is 435 g/mol. The van der Waals surface area contributed by atoms with Crippen molar-refractivity contribution in [3.8, 4) is 0 Å². The SMILES string of the molecule is CCn1ncc2c(NC3CCOCC3)c(CNS(=O)(=O)c3cccs3)c(C)nc21. The number of fused-ring (bicyclic) bond motifs is 1. The standard InChI is InChI=1S/C19H25N5O3S2/c1-3-24-19-16(11-20-24)18(23-14-6-8-27-9-7-14)15(13(2)22-19)12-21-29(25,26)17-5-4-10-28-17/h4-5,10-11,14,21H,3,6-9,12H2,1-2H3,(H,22,23). The Bertz CT molecular complexity index is 1090. The molecule has 1 fully saturated rings. The van der Waals surface area contributed by atoms with E-state index in [9.17, 15) is 8.42 Å². The van der Waals surface area contributed by atoms with Crippen molar-refractivity contribution in [3.05, 3.63) is 35.0 Å². The summed E-state index contributed by atoms with van der Waals surface area (Å²) in [6.45, 7) is 6.27. The topological polar surface area (TPSA) is 98.1 Å². The quantitative estimate of drug-likeness (QED) is 0.592. The van der Waals surface area contributed by atoms with E-state index in [1.54, 1.807) is 17.5 Å². The van der Waals surface area contributed by atoms with E-state index in [0.717, 1.165) is 60.6 Å². The fourth-order valence-corrected chi connectivity index (χ4v) is 5.59. The molecule has 1 saturated heterocycles. The van der Waals surface area contributed by atoms with Crippen LogP contribution < -0.4 is 10.0 Å². The largest absolute Gasteiger partial charge is 0.381 e. The zero-order chi connectivity index (χ0) is 20.4. The van der Waals surface area contributed by atoms with Crippen molar-refractivity contribution in [1.29, 1.82) is 0 Å². The molecule has 0 spiro atoms. The molecule has 0 saturated carbocycles. The van der Waals surface area contributed by atoms with Gasteiger partial charge in [-0.1, -0.05) is 6.07 Å². The number of thiophene rings is 1. The van der Waals surface area contributed by atoms with E-state index in [2.05, 4.69) is 15.1 Å².